The predicted molar refractivity (Wildman–Crippen MR) is 84.2 cm³/mol. The summed E-state index contributed by atoms with van der Waals surface area (Å²) in [5.74, 6) is -0.186. The Bertz CT molecular complexity index is 689. The van der Waals surface area contributed by atoms with Crippen LogP contribution in [0.1, 0.15) is 56.0 Å². The summed E-state index contributed by atoms with van der Waals surface area (Å²) in [5.41, 5.74) is 0.569. The number of rotatable bonds is 0. The molecule has 5 nitrogen and oxygen atoms in total. The van der Waals surface area contributed by atoms with Crippen LogP contribution in [0.3, 0.4) is 0 Å². The standard InChI is InChI=1S/C18H21NO4/c1-17(2,3)23-16(22)19-9-8-18(11-15(19)21)10-14(20)12-6-4-5-7-13(12)18/h4-7H,8-11H2,1-3H3/t18-/m1/s1. The summed E-state index contributed by atoms with van der Waals surface area (Å²) >= 11 is 0. The molecule has 1 heterocycles. The molecule has 0 bridgehead atoms. The first-order valence-corrected chi connectivity index (χ1v) is 7.88. The summed E-state index contributed by atoms with van der Waals surface area (Å²) in [6.45, 7) is 5.60. The van der Waals surface area contributed by atoms with E-state index in [2.05, 4.69) is 0 Å². The first-order chi connectivity index (χ1) is 10.7. The van der Waals surface area contributed by atoms with Crippen LogP contribution >= 0.6 is 0 Å². The number of imide groups is 1. The fourth-order valence-corrected chi connectivity index (χ4v) is 3.50. The van der Waals surface area contributed by atoms with Crippen LogP contribution in [0.25, 0.3) is 0 Å². The highest BCUT2D eigenvalue weighted by Crippen LogP contribution is 2.46. The minimum absolute atomic E-state index is 0.0825. The van der Waals surface area contributed by atoms with Crippen molar-refractivity contribution < 1.29 is 19.1 Å². The zero-order chi connectivity index (χ0) is 16.8. The molecule has 1 aliphatic carbocycles. The van der Waals surface area contributed by atoms with Crippen LogP contribution < -0.4 is 0 Å². The molecule has 1 aliphatic heterocycles. The molecule has 0 unspecified atom stereocenters. The summed E-state index contributed by atoms with van der Waals surface area (Å²) in [6.07, 6.45) is 0.519. The number of likely N-dealkylation sites (tertiary alicyclic amines) is 1. The second-order valence-electron chi connectivity index (χ2n) is 7.38. The smallest absolute Gasteiger partial charge is 0.417 e. The summed E-state index contributed by atoms with van der Waals surface area (Å²) < 4.78 is 5.29. The Hall–Kier alpha value is -2.17. The molecule has 23 heavy (non-hydrogen) atoms. The zero-order valence-electron chi connectivity index (χ0n) is 13.7. The molecule has 5 heteroatoms. The van der Waals surface area contributed by atoms with Gasteiger partial charge in [-0.15, -0.1) is 0 Å². The van der Waals surface area contributed by atoms with Crippen LogP contribution in [-0.4, -0.2) is 34.8 Å². The lowest BCUT2D eigenvalue weighted by Crippen LogP contribution is -2.49. The van der Waals surface area contributed by atoms with Crippen LogP contribution in [0.4, 0.5) is 4.79 Å². The number of fused-ring (bicyclic) bond motifs is 2. The monoisotopic (exact) mass is 315 g/mol. The van der Waals surface area contributed by atoms with Crippen molar-refractivity contribution in [2.24, 2.45) is 0 Å². The Morgan fingerprint density at radius 1 is 1.17 bits per heavy atom. The Morgan fingerprint density at radius 2 is 1.87 bits per heavy atom. The minimum atomic E-state index is -0.636. The second kappa shape index (κ2) is 5.18. The molecule has 1 aromatic carbocycles. The van der Waals surface area contributed by atoms with E-state index in [9.17, 15) is 14.4 Å². The summed E-state index contributed by atoms with van der Waals surface area (Å²) in [5, 5.41) is 0. The van der Waals surface area contributed by atoms with Gasteiger partial charge in [-0.2, -0.15) is 0 Å². The molecular weight excluding hydrogens is 294 g/mol. The first kappa shape index (κ1) is 15.7. The average Bonchev–Trinajstić information content (AvgIpc) is 2.70. The third kappa shape index (κ3) is 2.76. The Morgan fingerprint density at radius 3 is 2.52 bits per heavy atom. The predicted octanol–water partition coefficient (Wildman–Crippen LogP) is 3.07. The van der Waals surface area contributed by atoms with E-state index in [1.54, 1.807) is 20.8 Å². The lowest BCUT2D eigenvalue weighted by atomic mass is 9.73. The molecule has 0 aromatic heterocycles. The third-order valence-corrected chi connectivity index (χ3v) is 4.52. The molecule has 122 valence electrons. The lowest BCUT2D eigenvalue weighted by molar-refractivity contribution is -0.134. The highest BCUT2D eigenvalue weighted by Gasteiger charge is 2.49. The summed E-state index contributed by atoms with van der Waals surface area (Å²) in [4.78, 5) is 38.1. The van der Waals surface area contributed by atoms with E-state index in [-0.39, 0.29) is 24.7 Å². The molecule has 1 aromatic rings. The van der Waals surface area contributed by atoms with Crippen molar-refractivity contribution in [2.45, 2.75) is 51.0 Å². The fraction of sp³-hybridized carbons (Fsp3) is 0.500. The molecule has 2 aliphatic rings. The van der Waals surface area contributed by atoms with E-state index in [1.807, 2.05) is 24.3 Å². The Labute approximate surface area is 135 Å². The second-order valence-corrected chi connectivity index (χ2v) is 7.38. The topological polar surface area (TPSA) is 63.7 Å². The van der Waals surface area contributed by atoms with E-state index >= 15 is 0 Å². The molecular formula is C18H21NO4. The van der Waals surface area contributed by atoms with Gasteiger partial charge in [0, 0.05) is 30.4 Å². The van der Waals surface area contributed by atoms with Gasteiger partial charge in [0.1, 0.15) is 5.60 Å². The molecule has 1 saturated heterocycles. The van der Waals surface area contributed by atoms with Gasteiger partial charge in [-0.05, 0) is 32.8 Å². The van der Waals surface area contributed by atoms with Gasteiger partial charge in [-0.1, -0.05) is 24.3 Å². The number of amides is 2. The normalized spacial score (nSPS) is 24.0. The highest BCUT2D eigenvalue weighted by molar-refractivity contribution is 6.04. The first-order valence-electron chi connectivity index (χ1n) is 7.88. The van der Waals surface area contributed by atoms with Crippen LogP contribution in [0, 0.1) is 0 Å². The van der Waals surface area contributed by atoms with E-state index in [1.165, 1.54) is 4.90 Å². The number of Topliss-reactive ketones (excluding diaryl/α,β-unsaturated/α-hetero) is 1. The van der Waals surface area contributed by atoms with Crippen LogP contribution in [0.5, 0.6) is 0 Å². The third-order valence-electron chi connectivity index (χ3n) is 4.52. The largest absolute Gasteiger partial charge is 0.443 e. The Kier molecular flexibility index (Phi) is 3.54. The van der Waals surface area contributed by atoms with Crippen molar-refractivity contribution in [1.82, 2.24) is 4.90 Å². The van der Waals surface area contributed by atoms with Crippen LogP contribution in [0.15, 0.2) is 24.3 Å². The number of nitrogens with zero attached hydrogens (tertiary/aromatic N) is 1. The van der Waals surface area contributed by atoms with Gasteiger partial charge in [0.15, 0.2) is 5.78 Å². The zero-order valence-corrected chi connectivity index (χ0v) is 13.7. The van der Waals surface area contributed by atoms with Crippen LogP contribution in [0.2, 0.25) is 0 Å². The maximum absolute atomic E-state index is 12.5. The molecule has 0 N–H and O–H groups in total. The number of ketones is 1. The molecule has 2 amide bonds. The number of carbonyl (C=O) groups excluding carboxylic acids is 3. The van der Waals surface area contributed by atoms with Gasteiger partial charge in [-0.3, -0.25) is 9.59 Å². The van der Waals surface area contributed by atoms with Gasteiger partial charge in [0.2, 0.25) is 5.91 Å². The maximum atomic E-state index is 12.5. The number of hydrogen-bond donors (Lipinski definition) is 0. The number of piperidine rings is 1. The van der Waals surface area contributed by atoms with Gasteiger partial charge in [0.25, 0.3) is 0 Å². The average molecular weight is 315 g/mol. The molecule has 1 fully saturated rings. The van der Waals surface area contributed by atoms with E-state index in [0.29, 0.717) is 18.4 Å². The molecule has 1 atom stereocenters. The maximum Gasteiger partial charge on any atom is 0.417 e. The van der Waals surface area contributed by atoms with Gasteiger partial charge < -0.3 is 4.74 Å². The van der Waals surface area contributed by atoms with E-state index in [4.69, 9.17) is 4.74 Å². The quantitative estimate of drug-likeness (QED) is 0.738. The molecule has 0 radical (unpaired) electrons. The lowest BCUT2D eigenvalue weighted by Gasteiger charge is -2.38. The minimum Gasteiger partial charge on any atom is -0.443 e. The van der Waals surface area contributed by atoms with E-state index in [0.717, 1.165) is 5.56 Å². The number of benzene rings is 1. The number of hydrogen-bond acceptors (Lipinski definition) is 4. The van der Waals surface area contributed by atoms with Crippen molar-refractivity contribution in [3.05, 3.63) is 35.4 Å². The van der Waals surface area contributed by atoms with Crippen molar-refractivity contribution in [3.8, 4) is 0 Å². The van der Waals surface area contributed by atoms with Gasteiger partial charge in [0.05, 0.1) is 0 Å². The fourth-order valence-electron chi connectivity index (χ4n) is 3.50. The van der Waals surface area contributed by atoms with Crippen molar-refractivity contribution in [2.75, 3.05) is 6.54 Å². The molecule has 0 saturated carbocycles. The summed E-state index contributed by atoms with van der Waals surface area (Å²) in [7, 11) is 0. The van der Waals surface area contributed by atoms with Gasteiger partial charge in [-0.25, -0.2) is 9.69 Å². The van der Waals surface area contributed by atoms with Crippen LogP contribution in [-0.2, 0) is 14.9 Å². The van der Waals surface area contributed by atoms with E-state index < -0.39 is 17.1 Å². The molecule has 3 rings (SSSR count). The highest BCUT2D eigenvalue weighted by atomic mass is 16.6. The van der Waals surface area contributed by atoms with Crippen molar-refractivity contribution in [1.29, 1.82) is 0 Å². The molecule has 1 spiro atoms. The van der Waals surface area contributed by atoms with Crippen molar-refractivity contribution >= 4 is 17.8 Å². The van der Waals surface area contributed by atoms with Gasteiger partial charge >= 0.3 is 6.09 Å². The number of carbonyl (C=O) groups is 3. The summed E-state index contributed by atoms with van der Waals surface area (Å²) in [6, 6.07) is 7.48. The SMILES string of the molecule is CC(C)(C)OC(=O)N1CC[C@@]2(CC(=O)c3ccccc32)CC1=O. The number of ether oxygens (including phenoxy) is 1. The van der Waals surface area contributed by atoms with Crippen molar-refractivity contribution in [3.63, 3.8) is 0 Å². The Balaban J connectivity index is 1.81.